The maximum Gasteiger partial charge on any atom is 0.341 e. The molecule has 0 fully saturated rings. The molecular weight excluding hydrogens is 420 g/mol. The van der Waals surface area contributed by atoms with E-state index in [9.17, 15) is 9.59 Å². The number of aliphatic carboxylic acids is 1. The van der Waals surface area contributed by atoms with Gasteiger partial charge in [0.05, 0.1) is 23.9 Å². The van der Waals surface area contributed by atoms with E-state index in [1.165, 1.54) is 18.9 Å². The van der Waals surface area contributed by atoms with Crippen LogP contribution in [0.25, 0.3) is 11.3 Å². The van der Waals surface area contributed by atoms with Crippen molar-refractivity contribution < 1.29 is 24.1 Å². The number of fused-ring (bicyclic) bond motifs is 3. The van der Waals surface area contributed by atoms with Crippen molar-refractivity contribution in [2.24, 2.45) is 0 Å². The van der Waals surface area contributed by atoms with Crippen molar-refractivity contribution in [1.29, 1.82) is 0 Å². The molecule has 1 aliphatic rings. The van der Waals surface area contributed by atoms with Crippen LogP contribution in [0.15, 0.2) is 52.4 Å². The number of thioether (sulfide) groups is 1. The molecule has 0 aliphatic carbocycles. The molecule has 2 aromatic carbocycles. The van der Waals surface area contributed by atoms with Crippen LogP contribution in [0.1, 0.15) is 18.7 Å². The Morgan fingerprint density at radius 1 is 1.26 bits per heavy atom. The molecule has 1 aliphatic heterocycles. The molecule has 0 bridgehead atoms. The lowest BCUT2D eigenvalue weighted by atomic mass is 10.0. The molecule has 0 spiro atoms. The van der Waals surface area contributed by atoms with Crippen LogP contribution < -0.4 is 25.0 Å². The van der Waals surface area contributed by atoms with Gasteiger partial charge in [0.25, 0.3) is 6.17 Å². The standard InChI is InChI=1S/C21H20N4O5S/c1-3-31-21-23-20(28)17-12-7-4-5-9-14(12)22-19(25(17)24-21)13-8-6-10-15(29-2)18(13)30-11-16(26)27/h4-10,19H,3,11H2,1-2H3,(H2,23,24,26,27,28)/p+1/t19-/m1/s1. The van der Waals surface area contributed by atoms with E-state index in [-0.39, 0.29) is 11.3 Å². The fraction of sp³-hybridized carbons (Fsp3) is 0.238. The van der Waals surface area contributed by atoms with E-state index in [1.54, 1.807) is 22.9 Å². The fourth-order valence-electron chi connectivity index (χ4n) is 3.50. The Bertz CT molecular complexity index is 1200. The number of carboxylic acids is 1. The van der Waals surface area contributed by atoms with E-state index < -0.39 is 18.7 Å². The lowest BCUT2D eigenvalue weighted by Gasteiger charge is -2.24. The number of hydrogen-bond donors (Lipinski definition) is 3. The topological polar surface area (TPSA) is 117 Å². The third kappa shape index (κ3) is 3.93. The molecule has 0 saturated carbocycles. The number of para-hydroxylation sites is 2. The maximum absolute atomic E-state index is 13.0. The zero-order chi connectivity index (χ0) is 22.0. The van der Waals surface area contributed by atoms with Gasteiger partial charge in [0, 0.05) is 5.10 Å². The lowest BCUT2D eigenvalue weighted by Crippen LogP contribution is -2.55. The van der Waals surface area contributed by atoms with Gasteiger partial charge in [-0.05, 0) is 34.7 Å². The van der Waals surface area contributed by atoms with E-state index in [0.717, 1.165) is 17.0 Å². The Labute approximate surface area is 182 Å². The molecule has 10 heteroatoms. The second kappa shape index (κ2) is 8.68. The second-order valence-corrected chi connectivity index (χ2v) is 7.89. The van der Waals surface area contributed by atoms with Crippen LogP contribution >= 0.6 is 11.8 Å². The Morgan fingerprint density at radius 3 is 2.81 bits per heavy atom. The minimum Gasteiger partial charge on any atom is -0.493 e. The SMILES string of the molecule is CCSc1n[n+]2c(c(=O)[nH]1)-c1ccccc1N[C@H]2c1cccc(OC)c1OCC(=O)O. The molecular formula is C21H21N4O5S+. The Hall–Kier alpha value is -3.53. The number of carbonyl (C=O) groups is 1. The van der Waals surface area contributed by atoms with Crippen molar-refractivity contribution in [3.63, 3.8) is 0 Å². The van der Waals surface area contributed by atoms with Crippen LogP contribution in [0.3, 0.4) is 0 Å². The summed E-state index contributed by atoms with van der Waals surface area (Å²) in [7, 11) is 1.48. The number of hydrogen-bond acceptors (Lipinski definition) is 7. The number of aromatic nitrogens is 3. The maximum atomic E-state index is 13.0. The number of ether oxygens (including phenoxy) is 2. The number of benzene rings is 2. The van der Waals surface area contributed by atoms with Gasteiger partial charge in [-0.2, -0.15) is 0 Å². The largest absolute Gasteiger partial charge is 0.493 e. The summed E-state index contributed by atoms with van der Waals surface area (Å²) >= 11 is 1.42. The smallest absolute Gasteiger partial charge is 0.341 e. The van der Waals surface area contributed by atoms with E-state index in [1.807, 2.05) is 31.2 Å². The summed E-state index contributed by atoms with van der Waals surface area (Å²) in [6.45, 7) is 1.44. The summed E-state index contributed by atoms with van der Waals surface area (Å²) in [5.41, 5.74) is 2.19. The second-order valence-electron chi connectivity index (χ2n) is 6.64. The van der Waals surface area contributed by atoms with Crippen molar-refractivity contribution in [3.05, 3.63) is 58.4 Å². The van der Waals surface area contributed by atoms with Gasteiger partial charge in [0.1, 0.15) is 0 Å². The van der Waals surface area contributed by atoms with Gasteiger partial charge in [-0.25, -0.2) is 4.79 Å². The van der Waals surface area contributed by atoms with Crippen molar-refractivity contribution in [3.8, 4) is 22.8 Å². The van der Waals surface area contributed by atoms with E-state index >= 15 is 0 Å². The molecule has 3 aromatic rings. The first kappa shape index (κ1) is 20.7. The first-order chi connectivity index (χ1) is 15.0. The first-order valence-electron chi connectivity index (χ1n) is 9.59. The van der Waals surface area contributed by atoms with E-state index in [2.05, 4.69) is 15.4 Å². The predicted octanol–water partition coefficient (Wildman–Crippen LogP) is 2.28. The first-order valence-corrected chi connectivity index (χ1v) is 10.6. The third-order valence-corrected chi connectivity index (χ3v) is 5.47. The quantitative estimate of drug-likeness (QED) is 0.378. The Kier molecular flexibility index (Phi) is 5.81. The van der Waals surface area contributed by atoms with Gasteiger partial charge in [0.2, 0.25) is 5.16 Å². The molecule has 4 rings (SSSR count). The molecule has 31 heavy (non-hydrogen) atoms. The van der Waals surface area contributed by atoms with Gasteiger partial charge in [-0.1, -0.05) is 36.9 Å². The van der Waals surface area contributed by atoms with E-state index in [4.69, 9.17) is 14.6 Å². The van der Waals surface area contributed by atoms with E-state index in [0.29, 0.717) is 22.2 Å². The molecule has 1 atom stereocenters. The number of aromatic amines is 1. The molecule has 160 valence electrons. The summed E-state index contributed by atoms with van der Waals surface area (Å²) < 4.78 is 12.6. The predicted molar refractivity (Wildman–Crippen MR) is 115 cm³/mol. The molecule has 0 unspecified atom stereocenters. The lowest BCUT2D eigenvalue weighted by molar-refractivity contribution is -0.759. The summed E-state index contributed by atoms with van der Waals surface area (Å²) in [5, 5.41) is 17.7. The number of methoxy groups -OCH3 is 1. The molecule has 0 amide bonds. The highest BCUT2D eigenvalue weighted by Crippen LogP contribution is 2.38. The summed E-state index contributed by atoms with van der Waals surface area (Å²) in [6, 6.07) is 12.7. The number of anilines is 1. The van der Waals surface area contributed by atoms with Crippen molar-refractivity contribution in [2.75, 3.05) is 24.8 Å². The number of rotatable bonds is 7. The average molecular weight is 441 g/mol. The van der Waals surface area contributed by atoms with Gasteiger partial charge in [-0.15, -0.1) is 0 Å². The molecule has 1 aromatic heterocycles. The molecule has 3 N–H and O–H groups in total. The number of carboxylic acid groups (broad SMARTS) is 1. The van der Waals surface area contributed by atoms with Gasteiger partial charge in [-0.3, -0.25) is 9.78 Å². The number of nitrogens with zero attached hydrogens (tertiary/aromatic N) is 2. The van der Waals surface area contributed by atoms with Crippen LogP contribution in [-0.2, 0) is 4.79 Å². The van der Waals surface area contributed by atoms with Crippen LogP contribution in [0, 0.1) is 0 Å². The highest BCUT2D eigenvalue weighted by atomic mass is 32.2. The minimum absolute atomic E-state index is 0.263. The van der Waals surface area contributed by atoms with Gasteiger partial charge in [0.15, 0.2) is 18.1 Å². The van der Waals surface area contributed by atoms with Crippen molar-refractivity contribution in [1.82, 2.24) is 10.1 Å². The summed E-state index contributed by atoms with van der Waals surface area (Å²) in [4.78, 5) is 27.0. The molecule has 2 heterocycles. The minimum atomic E-state index is -1.11. The highest BCUT2D eigenvalue weighted by Gasteiger charge is 2.39. The van der Waals surface area contributed by atoms with Crippen molar-refractivity contribution >= 4 is 23.4 Å². The monoisotopic (exact) mass is 441 g/mol. The number of nitrogens with one attached hydrogen (secondary N) is 2. The third-order valence-electron chi connectivity index (χ3n) is 4.73. The zero-order valence-corrected chi connectivity index (χ0v) is 17.7. The van der Waals surface area contributed by atoms with Crippen LogP contribution in [0.4, 0.5) is 5.69 Å². The molecule has 0 saturated heterocycles. The highest BCUT2D eigenvalue weighted by molar-refractivity contribution is 7.99. The molecule has 0 radical (unpaired) electrons. The number of H-pyrrole nitrogens is 1. The molecule has 9 nitrogen and oxygen atoms in total. The Morgan fingerprint density at radius 2 is 2.06 bits per heavy atom. The average Bonchev–Trinajstić information content (AvgIpc) is 2.76. The van der Waals surface area contributed by atoms with Gasteiger partial charge < -0.3 is 19.9 Å². The normalized spacial score (nSPS) is 14.2. The fourth-order valence-corrected chi connectivity index (χ4v) is 4.08. The summed E-state index contributed by atoms with van der Waals surface area (Å²) in [5.74, 6) is 0.287. The van der Waals surface area contributed by atoms with Crippen LogP contribution in [-0.4, -0.2) is 40.6 Å². The van der Waals surface area contributed by atoms with Crippen LogP contribution in [0.2, 0.25) is 0 Å². The van der Waals surface area contributed by atoms with Crippen molar-refractivity contribution in [2.45, 2.75) is 18.2 Å². The van der Waals surface area contributed by atoms with Gasteiger partial charge >= 0.3 is 17.2 Å². The summed E-state index contributed by atoms with van der Waals surface area (Å²) in [6.07, 6.45) is -0.623. The zero-order valence-electron chi connectivity index (χ0n) is 16.9. The van der Waals surface area contributed by atoms with Crippen LogP contribution in [0.5, 0.6) is 11.5 Å². The Balaban J connectivity index is 1.94.